The monoisotopic (exact) mass is 314 g/mol. The normalized spacial score (nSPS) is 21.1. The van der Waals surface area contributed by atoms with Gasteiger partial charge in [-0.2, -0.15) is 0 Å². The molecule has 0 saturated carbocycles. The number of hydrogen-bond donors (Lipinski definition) is 1. The van der Waals surface area contributed by atoms with E-state index < -0.39 is 0 Å². The van der Waals surface area contributed by atoms with Crippen LogP contribution in [0.15, 0.2) is 18.2 Å². The largest absolute Gasteiger partial charge is 0.313 e. The van der Waals surface area contributed by atoms with E-state index in [4.69, 9.17) is 23.2 Å². The lowest BCUT2D eigenvalue weighted by Gasteiger charge is -2.26. The molecule has 2 nitrogen and oxygen atoms in total. The van der Waals surface area contributed by atoms with Crippen LogP contribution < -0.4 is 5.32 Å². The molecular formula is C16H24Cl2N2. The number of rotatable bonds is 4. The first-order chi connectivity index (χ1) is 9.56. The minimum atomic E-state index is 0.568. The van der Waals surface area contributed by atoms with Crippen LogP contribution >= 0.6 is 23.2 Å². The Labute approximate surface area is 132 Å². The average Bonchev–Trinajstić information content (AvgIpc) is 2.58. The van der Waals surface area contributed by atoms with Gasteiger partial charge >= 0.3 is 0 Å². The first-order valence-corrected chi connectivity index (χ1v) is 8.20. The minimum Gasteiger partial charge on any atom is -0.313 e. The van der Waals surface area contributed by atoms with Gasteiger partial charge in [-0.15, -0.1) is 0 Å². The van der Waals surface area contributed by atoms with Gasteiger partial charge in [0.1, 0.15) is 0 Å². The highest BCUT2D eigenvalue weighted by atomic mass is 35.5. The zero-order valence-corrected chi connectivity index (χ0v) is 13.8. The summed E-state index contributed by atoms with van der Waals surface area (Å²) >= 11 is 12.6. The minimum absolute atomic E-state index is 0.568. The molecule has 1 atom stereocenters. The van der Waals surface area contributed by atoms with Crippen LogP contribution in [0.25, 0.3) is 0 Å². The second-order valence-corrected chi connectivity index (χ2v) is 6.88. The first kappa shape index (κ1) is 16.1. The van der Waals surface area contributed by atoms with E-state index in [9.17, 15) is 0 Å². The molecule has 1 aromatic carbocycles. The fourth-order valence-corrected chi connectivity index (χ4v) is 3.37. The molecule has 0 aromatic heterocycles. The van der Waals surface area contributed by atoms with Gasteiger partial charge in [0.15, 0.2) is 0 Å². The molecule has 0 aliphatic carbocycles. The predicted octanol–water partition coefficient (Wildman–Crippen LogP) is 4.20. The molecule has 4 heteroatoms. The fourth-order valence-electron chi connectivity index (χ4n) is 2.85. The number of nitrogens with zero attached hydrogens (tertiary/aromatic N) is 1. The Morgan fingerprint density at radius 3 is 2.65 bits per heavy atom. The van der Waals surface area contributed by atoms with Crippen LogP contribution in [0, 0.1) is 5.92 Å². The van der Waals surface area contributed by atoms with E-state index in [0.29, 0.717) is 6.04 Å². The molecule has 0 spiro atoms. The molecule has 1 aliphatic heterocycles. The zero-order chi connectivity index (χ0) is 14.5. The summed E-state index contributed by atoms with van der Waals surface area (Å²) in [5, 5.41) is 5.20. The van der Waals surface area contributed by atoms with Crippen molar-refractivity contribution < 1.29 is 0 Å². The molecule has 1 aromatic rings. The fraction of sp³-hybridized carbons (Fsp3) is 0.625. The second-order valence-electron chi connectivity index (χ2n) is 6.07. The van der Waals surface area contributed by atoms with Crippen LogP contribution in [0.2, 0.25) is 10.0 Å². The second kappa shape index (κ2) is 7.65. The number of benzene rings is 1. The summed E-state index contributed by atoms with van der Waals surface area (Å²) in [6.45, 7) is 8.67. The van der Waals surface area contributed by atoms with Gasteiger partial charge in [-0.25, -0.2) is 0 Å². The van der Waals surface area contributed by atoms with Gasteiger partial charge in [0.2, 0.25) is 0 Å². The Hall–Kier alpha value is -0.280. The van der Waals surface area contributed by atoms with Crippen LogP contribution in [0.1, 0.15) is 32.3 Å². The summed E-state index contributed by atoms with van der Waals surface area (Å²) in [5.41, 5.74) is 1.06. The highest BCUT2D eigenvalue weighted by Gasteiger charge is 2.20. The Kier molecular flexibility index (Phi) is 6.16. The van der Waals surface area contributed by atoms with Crippen LogP contribution in [-0.2, 0) is 6.54 Å². The van der Waals surface area contributed by atoms with Crippen molar-refractivity contribution in [1.29, 1.82) is 0 Å². The van der Waals surface area contributed by atoms with Crippen molar-refractivity contribution in [2.45, 2.75) is 39.3 Å². The van der Waals surface area contributed by atoms with Crippen molar-refractivity contribution in [2.75, 3.05) is 19.6 Å². The topological polar surface area (TPSA) is 15.3 Å². The first-order valence-electron chi connectivity index (χ1n) is 7.45. The van der Waals surface area contributed by atoms with Crippen LogP contribution in [0.5, 0.6) is 0 Å². The smallest absolute Gasteiger partial charge is 0.0465 e. The third-order valence-electron chi connectivity index (χ3n) is 3.76. The summed E-state index contributed by atoms with van der Waals surface area (Å²) in [6.07, 6.45) is 2.39. The Morgan fingerprint density at radius 2 is 2.00 bits per heavy atom. The number of nitrogens with one attached hydrogen (secondary N) is 1. The standard InChI is InChI=1S/C16H24Cl2N2/c1-12(2)9-13-10-20(8-4-7-19-13)11-14-15(17)5-3-6-16(14)18/h3,5-6,12-13,19H,4,7-11H2,1-2H3. The lowest BCUT2D eigenvalue weighted by Crippen LogP contribution is -2.38. The molecule has 1 N–H and O–H groups in total. The summed E-state index contributed by atoms with van der Waals surface area (Å²) in [6, 6.07) is 6.31. The van der Waals surface area contributed by atoms with Gasteiger partial charge in [0.05, 0.1) is 0 Å². The summed E-state index contributed by atoms with van der Waals surface area (Å²) < 4.78 is 0. The van der Waals surface area contributed by atoms with Gasteiger partial charge < -0.3 is 5.32 Å². The summed E-state index contributed by atoms with van der Waals surface area (Å²) in [5.74, 6) is 0.719. The highest BCUT2D eigenvalue weighted by Crippen LogP contribution is 2.26. The van der Waals surface area contributed by atoms with Gasteiger partial charge in [-0.3, -0.25) is 4.90 Å². The zero-order valence-electron chi connectivity index (χ0n) is 12.3. The number of halogens is 2. The maximum absolute atomic E-state index is 6.28. The van der Waals surface area contributed by atoms with Crippen LogP contribution in [0.4, 0.5) is 0 Å². The third-order valence-corrected chi connectivity index (χ3v) is 4.47. The van der Waals surface area contributed by atoms with E-state index in [2.05, 4.69) is 24.1 Å². The molecule has 1 saturated heterocycles. The molecule has 1 fully saturated rings. The highest BCUT2D eigenvalue weighted by molar-refractivity contribution is 6.35. The van der Waals surface area contributed by atoms with Crippen molar-refractivity contribution in [1.82, 2.24) is 10.2 Å². The van der Waals surface area contributed by atoms with Crippen molar-refractivity contribution >= 4 is 23.2 Å². The van der Waals surface area contributed by atoms with Gasteiger partial charge in [-0.1, -0.05) is 43.1 Å². The number of hydrogen-bond acceptors (Lipinski definition) is 2. The Bertz CT molecular complexity index is 414. The molecule has 112 valence electrons. The summed E-state index contributed by atoms with van der Waals surface area (Å²) in [7, 11) is 0. The molecule has 0 amide bonds. The average molecular weight is 315 g/mol. The Morgan fingerprint density at radius 1 is 1.30 bits per heavy atom. The van der Waals surface area contributed by atoms with E-state index in [1.54, 1.807) is 0 Å². The van der Waals surface area contributed by atoms with E-state index in [0.717, 1.165) is 47.7 Å². The van der Waals surface area contributed by atoms with Crippen LogP contribution in [0.3, 0.4) is 0 Å². The maximum atomic E-state index is 6.28. The van der Waals surface area contributed by atoms with Gasteiger partial charge in [0.25, 0.3) is 0 Å². The predicted molar refractivity (Wildman–Crippen MR) is 87.6 cm³/mol. The van der Waals surface area contributed by atoms with Crippen LogP contribution in [-0.4, -0.2) is 30.6 Å². The molecule has 1 heterocycles. The van der Waals surface area contributed by atoms with E-state index >= 15 is 0 Å². The molecule has 0 bridgehead atoms. The third kappa shape index (κ3) is 4.63. The van der Waals surface area contributed by atoms with Crippen molar-refractivity contribution in [2.24, 2.45) is 5.92 Å². The molecule has 2 rings (SSSR count). The maximum Gasteiger partial charge on any atom is 0.0465 e. The van der Waals surface area contributed by atoms with E-state index in [1.165, 1.54) is 12.8 Å². The van der Waals surface area contributed by atoms with Crippen molar-refractivity contribution in [3.05, 3.63) is 33.8 Å². The lowest BCUT2D eigenvalue weighted by atomic mass is 10.0. The van der Waals surface area contributed by atoms with E-state index in [1.807, 2.05) is 18.2 Å². The Balaban J connectivity index is 2.03. The van der Waals surface area contributed by atoms with Crippen molar-refractivity contribution in [3.63, 3.8) is 0 Å². The summed E-state index contributed by atoms with van der Waals surface area (Å²) in [4.78, 5) is 2.47. The SMILES string of the molecule is CC(C)CC1CN(Cc2c(Cl)cccc2Cl)CCCN1. The van der Waals surface area contributed by atoms with Gasteiger partial charge in [-0.05, 0) is 44.0 Å². The lowest BCUT2D eigenvalue weighted by molar-refractivity contribution is 0.248. The van der Waals surface area contributed by atoms with Crippen molar-refractivity contribution in [3.8, 4) is 0 Å². The molecule has 1 unspecified atom stereocenters. The molecule has 1 aliphatic rings. The molecule has 0 radical (unpaired) electrons. The quantitative estimate of drug-likeness (QED) is 0.895. The van der Waals surface area contributed by atoms with E-state index in [-0.39, 0.29) is 0 Å². The molecule has 20 heavy (non-hydrogen) atoms. The van der Waals surface area contributed by atoms with Gasteiger partial charge in [0, 0.05) is 34.7 Å². The molecular weight excluding hydrogens is 291 g/mol.